The highest BCUT2D eigenvalue weighted by atomic mass is 32.2. The molecule has 2 aromatic carbocycles. The van der Waals surface area contributed by atoms with Crippen LogP contribution in [-0.4, -0.2) is 54.9 Å². The number of benzene rings is 2. The maximum Gasteiger partial charge on any atom is 0.240 e. The molecule has 0 saturated heterocycles. The van der Waals surface area contributed by atoms with E-state index in [0.717, 1.165) is 25.7 Å². The molecule has 14 heteroatoms. The third kappa shape index (κ3) is 6.51. The monoisotopic (exact) mass is 558 g/mol. The number of nitrogens with zero attached hydrogens (tertiary/aromatic N) is 5. The molecular formula is C24H30N8O4S2. The Bertz CT molecular complexity index is 1620. The lowest BCUT2D eigenvalue weighted by Crippen LogP contribution is -2.24. The second kappa shape index (κ2) is 11.9. The van der Waals surface area contributed by atoms with Crippen molar-refractivity contribution in [2.75, 3.05) is 18.4 Å². The van der Waals surface area contributed by atoms with Crippen molar-refractivity contribution in [1.82, 2.24) is 34.4 Å². The van der Waals surface area contributed by atoms with Crippen molar-refractivity contribution in [1.29, 1.82) is 0 Å². The SMILES string of the molecule is CCCCNS(=O)(=O)c1cccc(Nc2ncc3nnn(-c4cccc(S(=O)(=O)NCCCC)c4)c3n2)c1. The largest absolute Gasteiger partial charge is 0.324 e. The quantitative estimate of drug-likeness (QED) is 0.209. The minimum Gasteiger partial charge on any atom is -0.324 e. The van der Waals surface area contributed by atoms with E-state index in [1.807, 2.05) is 13.8 Å². The van der Waals surface area contributed by atoms with Crippen LogP contribution in [0.2, 0.25) is 0 Å². The van der Waals surface area contributed by atoms with Crippen molar-refractivity contribution in [3.8, 4) is 5.69 Å². The van der Waals surface area contributed by atoms with Crippen LogP contribution in [0.4, 0.5) is 11.6 Å². The molecule has 0 aliphatic heterocycles. The minimum absolute atomic E-state index is 0.104. The molecule has 2 aromatic heterocycles. The summed E-state index contributed by atoms with van der Waals surface area (Å²) in [6, 6.07) is 12.7. The molecule has 0 radical (unpaired) electrons. The second-order valence-electron chi connectivity index (χ2n) is 8.56. The molecule has 0 atom stereocenters. The van der Waals surface area contributed by atoms with Crippen LogP contribution in [-0.2, 0) is 20.0 Å². The van der Waals surface area contributed by atoms with Crippen molar-refractivity contribution in [2.45, 2.75) is 49.3 Å². The lowest BCUT2D eigenvalue weighted by Gasteiger charge is -2.10. The maximum absolute atomic E-state index is 12.7. The fourth-order valence-electron chi connectivity index (χ4n) is 3.55. The van der Waals surface area contributed by atoms with Crippen molar-refractivity contribution in [3.05, 3.63) is 54.7 Å². The summed E-state index contributed by atoms with van der Waals surface area (Å²) >= 11 is 0. The van der Waals surface area contributed by atoms with Crippen LogP contribution in [0.3, 0.4) is 0 Å². The molecule has 0 aliphatic carbocycles. The Labute approximate surface area is 222 Å². The molecule has 4 aromatic rings. The van der Waals surface area contributed by atoms with Crippen molar-refractivity contribution < 1.29 is 16.8 Å². The Kier molecular flexibility index (Phi) is 8.66. The van der Waals surface area contributed by atoms with Crippen LogP contribution < -0.4 is 14.8 Å². The van der Waals surface area contributed by atoms with Gasteiger partial charge in [-0.05, 0) is 49.2 Å². The Morgan fingerprint density at radius 1 is 0.842 bits per heavy atom. The van der Waals surface area contributed by atoms with E-state index in [0.29, 0.717) is 35.6 Å². The molecule has 0 fully saturated rings. The Balaban J connectivity index is 1.60. The Morgan fingerprint density at radius 2 is 1.47 bits per heavy atom. The van der Waals surface area contributed by atoms with E-state index in [9.17, 15) is 16.8 Å². The fraction of sp³-hybridized carbons (Fsp3) is 0.333. The van der Waals surface area contributed by atoms with E-state index in [4.69, 9.17) is 0 Å². The van der Waals surface area contributed by atoms with E-state index < -0.39 is 20.0 Å². The van der Waals surface area contributed by atoms with Gasteiger partial charge in [-0.1, -0.05) is 44.0 Å². The molecule has 0 spiro atoms. The summed E-state index contributed by atoms with van der Waals surface area (Å²) in [5.41, 5.74) is 1.69. The summed E-state index contributed by atoms with van der Waals surface area (Å²) in [6.07, 6.45) is 4.72. The molecule has 0 unspecified atom stereocenters. The zero-order valence-electron chi connectivity index (χ0n) is 21.1. The number of nitrogens with one attached hydrogen (secondary N) is 3. The normalized spacial score (nSPS) is 12.2. The first kappa shape index (κ1) is 27.6. The number of hydrogen-bond acceptors (Lipinski definition) is 9. The van der Waals surface area contributed by atoms with Gasteiger partial charge >= 0.3 is 0 Å². The Hall–Kier alpha value is -3.46. The molecule has 202 valence electrons. The van der Waals surface area contributed by atoms with Crippen LogP contribution in [0, 0.1) is 0 Å². The zero-order chi connectivity index (χ0) is 27.2. The van der Waals surface area contributed by atoms with Gasteiger partial charge in [0.2, 0.25) is 26.0 Å². The van der Waals surface area contributed by atoms with E-state index >= 15 is 0 Å². The number of unbranched alkanes of at least 4 members (excludes halogenated alkanes) is 2. The first-order chi connectivity index (χ1) is 18.2. The zero-order valence-corrected chi connectivity index (χ0v) is 22.8. The molecule has 3 N–H and O–H groups in total. The van der Waals surface area contributed by atoms with Gasteiger partial charge in [-0.2, -0.15) is 9.67 Å². The van der Waals surface area contributed by atoms with Crippen LogP contribution >= 0.6 is 0 Å². The third-order valence-electron chi connectivity index (χ3n) is 5.61. The highest BCUT2D eigenvalue weighted by molar-refractivity contribution is 7.89. The Morgan fingerprint density at radius 3 is 2.13 bits per heavy atom. The molecule has 2 heterocycles. The summed E-state index contributed by atoms with van der Waals surface area (Å²) in [5, 5.41) is 11.2. The van der Waals surface area contributed by atoms with Crippen molar-refractivity contribution in [3.63, 3.8) is 0 Å². The van der Waals surface area contributed by atoms with E-state index in [-0.39, 0.29) is 15.7 Å². The summed E-state index contributed by atoms with van der Waals surface area (Å²) < 4.78 is 57.1. The number of anilines is 2. The van der Waals surface area contributed by atoms with Gasteiger partial charge in [-0.15, -0.1) is 5.10 Å². The van der Waals surface area contributed by atoms with Gasteiger partial charge in [0.15, 0.2) is 11.2 Å². The lowest BCUT2D eigenvalue weighted by molar-refractivity contribution is 0.576. The number of rotatable bonds is 13. The average Bonchev–Trinajstić information content (AvgIpc) is 3.32. The standard InChI is InChI=1S/C24H30N8O4S2/c1-3-5-13-26-37(33,34)20-11-7-9-18(15-20)28-24-25-17-22-23(29-24)32(31-30-22)19-10-8-12-21(16-19)38(35,36)27-14-6-4-2/h7-12,15-17,26-27H,3-6,13-14H2,1-2H3,(H,25,28,29). The number of hydrogen-bond donors (Lipinski definition) is 3. The predicted molar refractivity (Wildman–Crippen MR) is 144 cm³/mol. The van der Waals surface area contributed by atoms with E-state index in [1.54, 1.807) is 24.3 Å². The van der Waals surface area contributed by atoms with Crippen molar-refractivity contribution >= 4 is 42.8 Å². The molecule has 0 amide bonds. The van der Waals surface area contributed by atoms with Gasteiger partial charge in [-0.25, -0.2) is 31.3 Å². The molecule has 0 bridgehead atoms. The molecule has 4 rings (SSSR count). The van der Waals surface area contributed by atoms with E-state index in [1.165, 1.54) is 35.1 Å². The fourth-order valence-corrected chi connectivity index (χ4v) is 5.78. The van der Waals surface area contributed by atoms with Crippen LogP contribution in [0.1, 0.15) is 39.5 Å². The smallest absolute Gasteiger partial charge is 0.240 e. The number of sulfonamides is 2. The highest BCUT2D eigenvalue weighted by Gasteiger charge is 2.17. The maximum atomic E-state index is 12.7. The third-order valence-corrected chi connectivity index (χ3v) is 8.53. The average molecular weight is 559 g/mol. The first-order valence-electron chi connectivity index (χ1n) is 12.3. The second-order valence-corrected chi connectivity index (χ2v) is 12.1. The lowest BCUT2D eigenvalue weighted by atomic mass is 10.3. The molecular weight excluding hydrogens is 528 g/mol. The highest BCUT2D eigenvalue weighted by Crippen LogP contribution is 2.21. The van der Waals surface area contributed by atoms with Crippen LogP contribution in [0.25, 0.3) is 16.9 Å². The van der Waals surface area contributed by atoms with Gasteiger partial charge in [0.25, 0.3) is 0 Å². The van der Waals surface area contributed by atoms with Gasteiger partial charge in [-0.3, -0.25) is 0 Å². The van der Waals surface area contributed by atoms with E-state index in [2.05, 4.69) is 35.0 Å². The van der Waals surface area contributed by atoms with Gasteiger partial charge in [0.1, 0.15) is 0 Å². The van der Waals surface area contributed by atoms with Gasteiger partial charge in [0.05, 0.1) is 21.7 Å². The summed E-state index contributed by atoms with van der Waals surface area (Å²) in [7, 11) is -7.33. The minimum atomic E-state index is -3.68. The van der Waals surface area contributed by atoms with Gasteiger partial charge < -0.3 is 5.32 Å². The van der Waals surface area contributed by atoms with Crippen LogP contribution in [0.5, 0.6) is 0 Å². The van der Waals surface area contributed by atoms with Gasteiger partial charge in [0, 0.05) is 18.8 Å². The predicted octanol–water partition coefficient (Wildman–Crippen LogP) is 3.11. The molecule has 38 heavy (non-hydrogen) atoms. The topological polar surface area (TPSA) is 161 Å². The summed E-state index contributed by atoms with van der Waals surface area (Å²) in [5.74, 6) is 0.194. The molecule has 0 saturated carbocycles. The van der Waals surface area contributed by atoms with Crippen molar-refractivity contribution in [2.24, 2.45) is 0 Å². The first-order valence-corrected chi connectivity index (χ1v) is 15.3. The summed E-state index contributed by atoms with van der Waals surface area (Å²) in [6.45, 7) is 4.70. The number of fused-ring (bicyclic) bond motifs is 1. The molecule has 0 aliphatic rings. The number of aromatic nitrogens is 5. The van der Waals surface area contributed by atoms with Crippen LogP contribution in [0.15, 0.2) is 64.5 Å². The summed E-state index contributed by atoms with van der Waals surface area (Å²) in [4.78, 5) is 8.98. The molecule has 12 nitrogen and oxygen atoms in total.